The van der Waals surface area contributed by atoms with Crippen molar-refractivity contribution in [3.05, 3.63) is 24.5 Å². The minimum Gasteiger partial charge on any atom is -0.353 e. The maximum Gasteiger partial charge on any atom is 0.203 e. The van der Waals surface area contributed by atoms with Crippen molar-refractivity contribution in [2.75, 3.05) is 5.32 Å². The van der Waals surface area contributed by atoms with Crippen LogP contribution in [0.25, 0.3) is 0 Å². The van der Waals surface area contributed by atoms with Crippen LogP contribution < -0.4 is 5.32 Å². The number of aromatic nitrogens is 2. The molecule has 0 amide bonds. The van der Waals surface area contributed by atoms with E-state index >= 15 is 0 Å². The molecule has 0 bridgehead atoms. The van der Waals surface area contributed by atoms with Crippen LogP contribution in [-0.4, -0.2) is 15.6 Å². The van der Waals surface area contributed by atoms with Gasteiger partial charge in [-0.15, -0.1) is 6.58 Å². The molecule has 0 aromatic carbocycles. The number of hydrogen-bond donors (Lipinski definition) is 1. The molecule has 3 nitrogen and oxygen atoms in total. The van der Waals surface area contributed by atoms with Crippen LogP contribution in [0, 0.1) is 12.8 Å². The van der Waals surface area contributed by atoms with E-state index in [4.69, 9.17) is 0 Å². The standard InChI is InChI=1S/C12H19N3/c1-4-7-15-8-9(2)13-12(15)14-10(3)11-5-6-11/h4,8,10-11H,1,5-7H2,2-3H3,(H,13,14). The Kier molecular flexibility index (Phi) is 2.80. The summed E-state index contributed by atoms with van der Waals surface area (Å²) in [4.78, 5) is 4.48. The Hall–Kier alpha value is -1.25. The van der Waals surface area contributed by atoms with E-state index in [1.165, 1.54) is 12.8 Å². The van der Waals surface area contributed by atoms with Gasteiger partial charge in [-0.1, -0.05) is 6.08 Å². The summed E-state index contributed by atoms with van der Waals surface area (Å²) >= 11 is 0. The highest BCUT2D eigenvalue weighted by atomic mass is 15.2. The molecule has 1 unspecified atom stereocenters. The van der Waals surface area contributed by atoms with Gasteiger partial charge in [0.2, 0.25) is 5.95 Å². The predicted octanol–water partition coefficient (Wildman–Crippen LogP) is 2.59. The van der Waals surface area contributed by atoms with Crippen molar-refractivity contribution in [2.45, 2.75) is 39.3 Å². The molecule has 0 saturated heterocycles. The summed E-state index contributed by atoms with van der Waals surface area (Å²) in [7, 11) is 0. The quantitative estimate of drug-likeness (QED) is 0.749. The number of allylic oxidation sites excluding steroid dienone is 1. The SMILES string of the molecule is C=CCn1cc(C)nc1NC(C)C1CC1. The smallest absolute Gasteiger partial charge is 0.203 e. The Morgan fingerprint density at radius 2 is 2.47 bits per heavy atom. The first-order valence-corrected chi connectivity index (χ1v) is 5.62. The van der Waals surface area contributed by atoms with E-state index in [0.29, 0.717) is 6.04 Å². The average Bonchev–Trinajstić information content (AvgIpc) is 2.95. The van der Waals surface area contributed by atoms with E-state index in [-0.39, 0.29) is 0 Å². The van der Waals surface area contributed by atoms with E-state index in [1.54, 1.807) is 0 Å². The van der Waals surface area contributed by atoms with E-state index in [9.17, 15) is 0 Å². The summed E-state index contributed by atoms with van der Waals surface area (Å²) in [6.45, 7) is 8.83. The maximum atomic E-state index is 4.48. The molecule has 0 spiro atoms. The summed E-state index contributed by atoms with van der Waals surface area (Å²) in [5, 5.41) is 3.48. The molecule has 1 N–H and O–H groups in total. The first-order chi connectivity index (χ1) is 7.20. The minimum atomic E-state index is 0.537. The number of aryl methyl sites for hydroxylation is 1. The molecule has 1 fully saturated rings. The molecule has 1 aliphatic carbocycles. The third-order valence-corrected chi connectivity index (χ3v) is 2.91. The first-order valence-electron chi connectivity index (χ1n) is 5.62. The zero-order chi connectivity index (χ0) is 10.8. The van der Waals surface area contributed by atoms with Crippen LogP contribution >= 0.6 is 0 Å². The normalized spacial score (nSPS) is 17.5. The van der Waals surface area contributed by atoms with Gasteiger partial charge in [0.05, 0.1) is 5.69 Å². The predicted molar refractivity (Wildman–Crippen MR) is 63.0 cm³/mol. The van der Waals surface area contributed by atoms with Gasteiger partial charge < -0.3 is 9.88 Å². The highest BCUT2D eigenvalue weighted by Crippen LogP contribution is 2.33. The fourth-order valence-corrected chi connectivity index (χ4v) is 1.86. The van der Waals surface area contributed by atoms with Gasteiger partial charge >= 0.3 is 0 Å². The van der Waals surface area contributed by atoms with Crippen molar-refractivity contribution >= 4 is 5.95 Å². The number of hydrogen-bond acceptors (Lipinski definition) is 2. The maximum absolute atomic E-state index is 4.48. The molecule has 1 aromatic heterocycles. The molecular formula is C12H19N3. The molecule has 0 aliphatic heterocycles. The lowest BCUT2D eigenvalue weighted by atomic mass is 10.2. The number of imidazole rings is 1. The lowest BCUT2D eigenvalue weighted by molar-refractivity contribution is 0.674. The molecule has 1 aromatic rings. The summed E-state index contributed by atoms with van der Waals surface area (Å²) in [6, 6.07) is 0.537. The van der Waals surface area contributed by atoms with E-state index in [0.717, 1.165) is 24.1 Å². The number of anilines is 1. The Balaban J connectivity index is 2.07. The zero-order valence-electron chi connectivity index (χ0n) is 9.53. The van der Waals surface area contributed by atoms with Crippen LogP contribution in [0.5, 0.6) is 0 Å². The lowest BCUT2D eigenvalue weighted by Crippen LogP contribution is -2.20. The van der Waals surface area contributed by atoms with Crippen molar-refractivity contribution in [3.63, 3.8) is 0 Å². The molecule has 15 heavy (non-hydrogen) atoms. The van der Waals surface area contributed by atoms with Crippen molar-refractivity contribution in [1.82, 2.24) is 9.55 Å². The summed E-state index contributed by atoms with van der Waals surface area (Å²) in [5.74, 6) is 1.82. The number of nitrogens with one attached hydrogen (secondary N) is 1. The second kappa shape index (κ2) is 4.09. The highest BCUT2D eigenvalue weighted by Gasteiger charge is 2.28. The monoisotopic (exact) mass is 205 g/mol. The van der Waals surface area contributed by atoms with Gasteiger partial charge in [-0.3, -0.25) is 0 Å². The lowest BCUT2D eigenvalue weighted by Gasteiger charge is -2.14. The second-order valence-electron chi connectivity index (χ2n) is 4.42. The largest absolute Gasteiger partial charge is 0.353 e. The molecule has 0 radical (unpaired) electrons. The Labute approximate surface area is 91.2 Å². The van der Waals surface area contributed by atoms with Crippen LogP contribution in [0.15, 0.2) is 18.9 Å². The molecular weight excluding hydrogens is 186 g/mol. The van der Waals surface area contributed by atoms with Gasteiger partial charge in [0.25, 0.3) is 0 Å². The van der Waals surface area contributed by atoms with Crippen molar-refractivity contribution in [3.8, 4) is 0 Å². The molecule has 1 saturated carbocycles. The molecule has 1 aliphatic rings. The Morgan fingerprint density at radius 3 is 3.07 bits per heavy atom. The summed E-state index contributed by atoms with van der Waals surface area (Å²) in [5.41, 5.74) is 1.06. The Bertz CT molecular complexity index is 350. The van der Waals surface area contributed by atoms with Crippen LogP contribution in [0.3, 0.4) is 0 Å². The molecule has 2 rings (SSSR count). The number of rotatable bonds is 5. The molecule has 3 heteroatoms. The van der Waals surface area contributed by atoms with E-state index in [2.05, 4.69) is 34.6 Å². The van der Waals surface area contributed by atoms with Gasteiger partial charge in [0.1, 0.15) is 0 Å². The van der Waals surface area contributed by atoms with Crippen LogP contribution in [-0.2, 0) is 6.54 Å². The van der Waals surface area contributed by atoms with Crippen LogP contribution in [0.4, 0.5) is 5.95 Å². The molecule has 82 valence electrons. The topological polar surface area (TPSA) is 29.9 Å². The van der Waals surface area contributed by atoms with Gasteiger partial charge in [-0.05, 0) is 32.6 Å². The highest BCUT2D eigenvalue weighted by molar-refractivity contribution is 5.31. The second-order valence-corrected chi connectivity index (χ2v) is 4.42. The zero-order valence-corrected chi connectivity index (χ0v) is 9.53. The van der Waals surface area contributed by atoms with Gasteiger partial charge in [-0.2, -0.15) is 0 Å². The molecule has 1 atom stereocenters. The van der Waals surface area contributed by atoms with Gasteiger partial charge in [0.15, 0.2) is 0 Å². The first kappa shape index (κ1) is 10.3. The fraction of sp³-hybridized carbons (Fsp3) is 0.583. The third-order valence-electron chi connectivity index (χ3n) is 2.91. The van der Waals surface area contributed by atoms with Gasteiger partial charge in [-0.25, -0.2) is 4.98 Å². The Morgan fingerprint density at radius 1 is 1.73 bits per heavy atom. The fourth-order valence-electron chi connectivity index (χ4n) is 1.86. The minimum absolute atomic E-state index is 0.537. The van der Waals surface area contributed by atoms with Crippen LogP contribution in [0.1, 0.15) is 25.5 Å². The summed E-state index contributed by atoms with van der Waals surface area (Å²) in [6.07, 6.45) is 6.67. The average molecular weight is 205 g/mol. The summed E-state index contributed by atoms with van der Waals surface area (Å²) < 4.78 is 2.11. The van der Waals surface area contributed by atoms with E-state index < -0.39 is 0 Å². The third kappa shape index (κ3) is 2.41. The van der Waals surface area contributed by atoms with Crippen molar-refractivity contribution < 1.29 is 0 Å². The number of nitrogens with zero attached hydrogens (tertiary/aromatic N) is 2. The molecule has 1 heterocycles. The van der Waals surface area contributed by atoms with Crippen molar-refractivity contribution in [2.24, 2.45) is 5.92 Å². The van der Waals surface area contributed by atoms with Crippen molar-refractivity contribution in [1.29, 1.82) is 0 Å². The van der Waals surface area contributed by atoms with Crippen LogP contribution in [0.2, 0.25) is 0 Å². The van der Waals surface area contributed by atoms with E-state index in [1.807, 2.05) is 13.0 Å². The van der Waals surface area contributed by atoms with Gasteiger partial charge in [0, 0.05) is 18.8 Å².